The zero-order valence-electron chi connectivity index (χ0n) is 18.3. The zero-order chi connectivity index (χ0) is 21.1. The van der Waals surface area contributed by atoms with E-state index in [0.29, 0.717) is 5.75 Å². The number of piperidine rings is 1. The fourth-order valence-corrected chi connectivity index (χ4v) is 6.86. The molecule has 31 heavy (non-hydrogen) atoms. The third kappa shape index (κ3) is 3.24. The van der Waals surface area contributed by atoms with Crippen LogP contribution in [0.4, 0.5) is 0 Å². The number of benzene rings is 1. The summed E-state index contributed by atoms with van der Waals surface area (Å²) in [5, 5.41) is 22.8. The molecule has 2 aromatic rings. The van der Waals surface area contributed by atoms with Crippen molar-refractivity contribution in [3.63, 3.8) is 0 Å². The molecule has 5 heteroatoms. The maximum Gasteiger partial charge on any atom is 0.115 e. The maximum absolute atomic E-state index is 12.5. The Morgan fingerprint density at radius 2 is 1.90 bits per heavy atom. The molecule has 3 heterocycles. The van der Waals surface area contributed by atoms with Crippen molar-refractivity contribution in [3.8, 4) is 5.75 Å². The number of fused-ring (bicyclic) bond motifs is 1. The van der Waals surface area contributed by atoms with Gasteiger partial charge in [0, 0.05) is 37.5 Å². The molecule has 4 aliphatic rings. The van der Waals surface area contributed by atoms with Gasteiger partial charge in [0.2, 0.25) is 0 Å². The van der Waals surface area contributed by atoms with Crippen LogP contribution in [0.15, 0.2) is 41.0 Å². The Labute approximate surface area is 184 Å². The third-order valence-electron chi connectivity index (χ3n) is 8.78. The Hall–Kier alpha value is -1.82. The van der Waals surface area contributed by atoms with E-state index in [-0.39, 0.29) is 11.5 Å². The molecule has 2 aliphatic carbocycles. The SMILES string of the molecule is Oc1ccc2c(c1)[C@@]13CCN(CCc4ccco4)CC[C@@]1(O)[C@@H](C2)N(CC1CC1)CC3. The van der Waals surface area contributed by atoms with Crippen LogP contribution in [0.5, 0.6) is 5.75 Å². The number of phenolic OH excluding ortho intramolecular Hbond substituents is 1. The van der Waals surface area contributed by atoms with Crippen molar-refractivity contribution < 1.29 is 14.6 Å². The molecular weight excluding hydrogens is 388 g/mol. The molecule has 2 aliphatic heterocycles. The summed E-state index contributed by atoms with van der Waals surface area (Å²) in [5.41, 5.74) is 1.55. The highest BCUT2D eigenvalue weighted by atomic mass is 16.3. The fraction of sp³-hybridized carbons (Fsp3) is 0.615. The summed E-state index contributed by atoms with van der Waals surface area (Å²) in [5.74, 6) is 2.18. The molecule has 0 spiro atoms. The van der Waals surface area contributed by atoms with E-state index in [2.05, 4.69) is 15.9 Å². The standard InChI is InChI=1S/C26H34N2O3/c29-21-6-5-20-16-24-26(30)10-13-27(11-7-22-2-1-15-31-22)12-8-25(26,23(20)17-21)9-14-28(24)18-19-3-4-19/h1-2,5-6,15,17,19,24,29-30H,3-4,7-14,16,18H2/t24-,25+,26-/m1/s1. The van der Waals surface area contributed by atoms with Crippen LogP contribution in [0.1, 0.15) is 49.0 Å². The normalized spacial score (nSPS) is 33.5. The van der Waals surface area contributed by atoms with E-state index >= 15 is 0 Å². The first-order valence-electron chi connectivity index (χ1n) is 12.1. The van der Waals surface area contributed by atoms with E-state index in [1.165, 1.54) is 24.0 Å². The molecule has 2 bridgehead atoms. The van der Waals surface area contributed by atoms with Gasteiger partial charge in [0.05, 0.1) is 11.9 Å². The van der Waals surface area contributed by atoms with E-state index < -0.39 is 5.60 Å². The Bertz CT molecular complexity index is 940. The van der Waals surface area contributed by atoms with Gasteiger partial charge in [-0.05, 0) is 92.9 Å². The topological polar surface area (TPSA) is 60.1 Å². The summed E-state index contributed by atoms with van der Waals surface area (Å²) in [7, 11) is 0. The summed E-state index contributed by atoms with van der Waals surface area (Å²) in [6.45, 7) is 5.06. The lowest BCUT2D eigenvalue weighted by Gasteiger charge is -2.61. The monoisotopic (exact) mass is 422 g/mol. The third-order valence-corrected chi connectivity index (χ3v) is 8.78. The Kier molecular flexibility index (Phi) is 4.71. The molecule has 0 radical (unpaired) electrons. The van der Waals surface area contributed by atoms with Crippen LogP contribution in [-0.2, 0) is 18.3 Å². The van der Waals surface area contributed by atoms with Crippen molar-refractivity contribution in [2.45, 2.75) is 62.0 Å². The number of aliphatic hydroxyl groups is 1. The Morgan fingerprint density at radius 1 is 1.06 bits per heavy atom. The van der Waals surface area contributed by atoms with Crippen LogP contribution in [0.3, 0.4) is 0 Å². The van der Waals surface area contributed by atoms with Gasteiger partial charge in [0.25, 0.3) is 0 Å². The van der Waals surface area contributed by atoms with E-state index in [9.17, 15) is 10.2 Å². The van der Waals surface area contributed by atoms with E-state index in [1.54, 1.807) is 6.26 Å². The van der Waals surface area contributed by atoms with E-state index in [4.69, 9.17) is 4.42 Å². The molecule has 166 valence electrons. The zero-order valence-corrected chi connectivity index (χ0v) is 18.3. The largest absolute Gasteiger partial charge is 0.508 e. The lowest BCUT2D eigenvalue weighted by Crippen LogP contribution is -2.71. The van der Waals surface area contributed by atoms with Crippen molar-refractivity contribution in [2.75, 3.05) is 32.7 Å². The van der Waals surface area contributed by atoms with Crippen LogP contribution in [-0.4, -0.2) is 64.4 Å². The van der Waals surface area contributed by atoms with Crippen LogP contribution in [0, 0.1) is 5.92 Å². The summed E-state index contributed by atoms with van der Waals surface area (Å²) in [6, 6.07) is 10.1. The van der Waals surface area contributed by atoms with Crippen molar-refractivity contribution >= 4 is 0 Å². The van der Waals surface area contributed by atoms with Crippen molar-refractivity contribution in [2.24, 2.45) is 5.92 Å². The number of hydrogen-bond donors (Lipinski definition) is 2. The van der Waals surface area contributed by atoms with Gasteiger partial charge in [-0.15, -0.1) is 0 Å². The molecule has 2 saturated heterocycles. The molecule has 1 aromatic carbocycles. The van der Waals surface area contributed by atoms with Crippen molar-refractivity contribution in [1.82, 2.24) is 9.80 Å². The van der Waals surface area contributed by atoms with Gasteiger partial charge < -0.3 is 19.5 Å². The summed E-state index contributed by atoms with van der Waals surface area (Å²) < 4.78 is 5.54. The molecule has 3 fully saturated rings. The minimum Gasteiger partial charge on any atom is -0.508 e. The first-order valence-corrected chi connectivity index (χ1v) is 12.1. The van der Waals surface area contributed by atoms with Gasteiger partial charge in [0.1, 0.15) is 11.5 Å². The average Bonchev–Trinajstić information content (AvgIpc) is 3.46. The summed E-state index contributed by atoms with van der Waals surface area (Å²) >= 11 is 0. The molecule has 3 atom stereocenters. The summed E-state index contributed by atoms with van der Waals surface area (Å²) in [4.78, 5) is 5.13. The lowest BCUT2D eigenvalue weighted by molar-refractivity contribution is -0.149. The van der Waals surface area contributed by atoms with Crippen molar-refractivity contribution in [3.05, 3.63) is 53.5 Å². The van der Waals surface area contributed by atoms with E-state index in [0.717, 1.165) is 76.5 Å². The van der Waals surface area contributed by atoms with Gasteiger partial charge in [-0.3, -0.25) is 4.90 Å². The molecule has 1 saturated carbocycles. The van der Waals surface area contributed by atoms with Gasteiger partial charge in [-0.1, -0.05) is 6.07 Å². The molecular formula is C26H34N2O3. The molecule has 2 N–H and O–H groups in total. The fourth-order valence-electron chi connectivity index (χ4n) is 6.86. The first-order chi connectivity index (χ1) is 15.1. The van der Waals surface area contributed by atoms with Gasteiger partial charge in [-0.2, -0.15) is 0 Å². The second-order valence-electron chi connectivity index (χ2n) is 10.4. The number of likely N-dealkylation sites (tertiary alicyclic amines) is 2. The molecule has 5 nitrogen and oxygen atoms in total. The smallest absolute Gasteiger partial charge is 0.115 e. The minimum atomic E-state index is -0.736. The van der Waals surface area contributed by atoms with Crippen molar-refractivity contribution in [1.29, 1.82) is 0 Å². The minimum absolute atomic E-state index is 0.184. The van der Waals surface area contributed by atoms with Crippen LogP contribution in [0.25, 0.3) is 0 Å². The highest BCUT2D eigenvalue weighted by Crippen LogP contribution is 2.56. The second-order valence-corrected chi connectivity index (χ2v) is 10.4. The van der Waals surface area contributed by atoms with Gasteiger partial charge >= 0.3 is 0 Å². The number of aromatic hydroxyl groups is 1. The highest BCUT2D eigenvalue weighted by Gasteiger charge is 2.63. The number of phenols is 1. The van der Waals surface area contributed by atoms with Gasteiger partial charge in [0.15, 0.2) is 0 Å². The van der Waals surface area contributed by atoms with Crippen LogP contribution in [0.2, 0.25) is 0 Å². The number of furan rings is 1. The first kappa shape index (κ1) is 19.8. The predicted octanol–water partition coefficient (Wildman–Crippen LogP) is 3.33. The Morgan fingerprint density at radius 3 is 2.71 bits per heavy atom. The summed E-state index contributed by atoms with van der Waals surface area (Å²) in [6.07, 6.45) is 8.97. The number of hydrogen-bond acceptors (Lipinski definition) is 5. The average molecular weight is 423 g/mol. The number of rotatable bonds is 5. The molecule has 0 unspecified atom stereocenters. The second kappa shape index (κ2) is 7.36. The van der Waals surface area contributed by atoms with E-state index in [1.807, 2.05) is 24.3 Å². The predicted molar refractivity (Wildman–Crippen MR) is 119 cm³/mol. The van der Waals surface area contributed by atoms with Crippen LogP contribution < -0.4 is 0 Å². The van der Waals surface area contributed by atoms with Crippen LogP contribution >= 0.6 is 0 Å². The van der Waals surface area contributed by atoms with Gasteiger partial charge in [-0.25, -0.2) is 0 Å². The molecule has 6 rings (SSSR count). The maximum atomic E-state index is 12.5. The molecule has 1 aromatic heterocycles. The quantitative estimate of drug-likeness (QED) is 0.774. The lowest BCUT2D eigenvalue weighted by atomic mass is 9.52. The Balaban J connectivity index is 1.33. The highest BCUT2D eigenvalue weighted by molar-refractivity contribution is 5.48. The molecule has 0 amide bonds. The number of nitrogens with zero attached hydrogens (tertiary/aromatic N) is 2.